The van der Waals surface area contributed by atoms with Crippen LogP contribution in [0.25, 0.3) is 0 Å². The predicted octanol–water partition coefficient (Wildman–Crippen LogP) is 2.56. The third-order valence-electron chi connectivity index (χ3n) is 1.35. The molecule has 0 amide bonds. The van der Waals surface area contributed by atoms with Crippen LogP contribution in [0.3, 0.4) is 0 Å². The Bertz CT molecular complexity index is 344. The van der Waals surface area contributed by atoms with Gasteiger partial charge in [0.1, 0.15) is 23.3 Å². The van der Waals surface area contributed by atoms with Crippen LogP contribution in [-0.2, 0) is 0 Å². The number of hydrogen-bond acceptors (Lipinski definition) is 2. The van der Waals surface area contributed by atoms with E-state index < -0.39 is 11.6 Å². The average Bonchev–Trinajstić information content (AvgIpc) is 2.03. The van der Waals surface area contributed by atoms with Crippen molar-refractivity contribution in [3.8, 4) is 6.07 Å². The molecule has 0 saturated heterocycles. The average molecular weight is 185 g/mol. The summed E-state index contributed by atoms with van der Waals surface area (Å²) in [6.07, 6.45) is 1.66. The van der Waals surface area contributed by atoms with E-state index in [4.69, 9.17) is 5.26 Å². The molecule has 0 aliphatic heterocycles. The minimum Gasteiger partial charge on any atom is -0.207 e. The van der Waals surface area contributed by atoms with E-state index in [2.05, 4.69) is 0 Å². The molecular weight excluding hydrogens is 180 g/mol. The zero-order valence-corrected chi connectivity index (χ0v) is 7.08. The highest BCUT2D eigenvalue weighted by Crippen LogP contribution is 2.23. The summed E-state index contributed by atoms with van der Waals surface area (Å²) in [5, 5.41) is 8.50. The molecule has 0 N–H and O–H groups in total. The summed E-state index contributed by atoms with van der Waals surface area (Å²) in [6, 6.07) is 3.53. The molecule has 0 heterocycles. The second-order valence-corrected chi connectivity index (χ2v) is 2.92. The van der Waals surface area contributed by atoms with Gasteiger partial charge >= 0.3 is 0 Å². The van der Waals surface area contributed by atoms with Gasteiger partial charge in [-0.3, -0.25) is 0 Å². The predicted molar refractivity (Wildman–Crippen MR) is 42.9 cm³/mol. The molecule has 0 aliphatic carbocycles. The second kappa shape index (κ2) is 3.55. The Morgan fingerprint density at radius 1 is 1.42 bits per heavy atom. The molecule has 12 heavy (non-hydrogen) atoms. The third-order valence-corrected chi connectivity index (χ3v) is 2.11. The Kier molecular flexibility index (Phi) is 2.66. The third kappa shape index (κ3) is 1.56. The van der Waals surface area contributed by atoms with Crippen LogP contribution < -0.4 is 0 Å². The zero-order valence-electron chi connectivity index (χ0n) is 6.27. The van der Waals surface area contributed by atoms with Gasteiger partial charge in [-0.25, -0.2) is 8.78 Å². The molecule has 1 aromatic carbocycles. The smallest absolute Gasteiger partial charge is 0.145 e. The number of nitrogens with zero attached hydrogens (tertiary/aromatic N) is 1. The Hall–Kier alpha value is -1.08. The number of hydrogen-bond donors (Lipinski definition) is 0. The van der Waals surface area contributed by atoms with Crippen LogP contribution in [0.2, 0.25) is 0 Å². The molecule has 0 saturated carbocycles. The first-order valence-corrected chi connectivity index (χ1v) is 4.34. The van der Waals surface area contributed by atoms with Crippen LogP contribution in [0.5, 0.6) is 0 Å². The van der Waals surface area contributed by atoms with E-state index in [0.29, 0.717) is 11.0 Å². The molecule has 62 valence electrons. The molecule has 1 nitrogen and oxygen atoms in total. The van der Waals surface area contributed by atoms with E-state index in [0.717, 1.165) is 17.8 Å². The fraction of sp³-hybridized carbons (Fsp3) is 0.125. The molecule has 1 rings (SSSR count). The fourth-order valence-corrected chi connectivity index (χ4v) is 1.40. The lowest BCUT2D eigenvalue weighted by atomic mass is 10.2. The van der Waals surface area contributed by atoms with Crippen molar-refractivity contribution in [2.24, 2.45) is 0 Å². The van der Waals surface area contributed by atoms with E-state index in [1.165, 1.54) is 0 Å². The van der Waals surface area contributed by atoms with E-state index in [1.54, 1.807) is 12.3 Å². The van der Waals surface area contributed by atoms with Gasteiger partial charge in [0, 0.05) is 11.0 Å². The van der Waals surface area contributed by atoms with E-state index in [1.807, 2.05) is 0 Å². The van der Waals surface area contributed by atoms with Crippen LogP contribution in [-0.4, -0.2) is 6.26 Å². The van der Waals surface area contributed by atoms with Crippen molar-refractivity contribution in [3.63, 3.8) is 0 Å². The molecule has 0 radical (unpaired) electrons. The highest BCUT2D eigenvalue weighted by Gasteiger charge is 2.09. The first kappa shape index (κ1) is 9.01. The molecule has 4 heteroatoms. The minimum absolute atomic E-state index is 0.0936. The number of rotatable bonds is 1. The molecule has 0 unspecified atom stereocenters. The van der Waals surface area contributed by atoms with Crippen molar-refractivity contribution in [2.45, 2.75) is 4.90 Å². The first-order valence-electron chi connectivity index (χ1n) is 3.12. The normalized spacial score (nSPS) is 9.50. The molecule has 0 aromatic heterocycles. The highest BCUT2D eigenvalue weighted by molar-refractivity contribution is 7.98. The molecule has 0 spiro atoms. The standard InChI is InChI=1S/C8H5F2NS/c1-12-8-3-5(9)2-7(10)6(8)4-11/h2-3H,1H3. The van der Waals surface area contributed by atoms with Gasteiger partial charge in [-0.05, 0) is 12.3 Å². The van der Waals surface area contributed by atoms with Gasteiger partial charge in [-0.15, -0.1) is 11.8 Å². The molecule has 0 fully saturated rings. The largest absolute Gasteiger partial charge is 0.207 e. The summed E-state index contributed by atoms with van der Waals surface area (Å²) in [4.78, 5) is 0.329. The lowest BCUT2D eigenvalue weighted by Crippen LogP contribution is -1.89. The van der Waals surface area contributed by atoms with Gasteiger partial charge in [0.2, 0.25) is 0 Å². The maximum Gasteiger partial charge on any atom is 0.145 e. The van der Waals surface area contributed by atoms with Gasteiger partial charge in [0.15, 0.2) is 0 Å². The van der Waals surface area contributed by atoms with Crippen molar-refractivity contribution in [2.75, 3.05) is 6.26 Å². The van der Waals surface area contributed by atoms with Gasteiger partial charge < -0.3 is 0 Å². The highest BCUT2D eigenvalue weighted by atomic mass is 32.2. The van der Waals surface area contributed by atoms with Gasteiger partial charge in [-0.1, -0.05) is 0 Å². The summed E-state index contributed by atoms with van der Waals surface area (Å²) in [5.74, 6) is -1.46. The summed E-state index contributed by atoms with van der Waals surface area (Å²) in [5.41, 5.74) is -0.0936. The summed E-state index contributed by atoms with van der Waals surface area (Å²) < 4.78 is 25.4. The Balaban J connectivity index is 3.36. The molecule has 1 aromatic rings. The number of benzene rings is 1. The number of thioether (sulfide) groups is 1. The van der Waals surface area contributed by atoms with E-state index in [9.17, 15) is 8.78 Å². The summed E-state index contributed by atoms with van der Waals surface area (Å²) in [7, 11) is 0. The molecule has 0 bridgehead atoms. The van der Waals surface area contributed by atoms with Crippen LogP contribution in [0.1, 0.15) is 5.56 Å². The van der Waals surface area contributed by atoms with E-state index >= 15 is 0 Å². The SMILES string of the molecule is CSc1cc(F)cc(F)c1C#N. The maximum absolute atomic E-state index is 12.8. The molecular formula is C8H5F2NS. The second-order valence-electron chi connectivity index (χ2n) is 2.08. The lowest BCUT2D eigenvalue weighted by molar-refractivity contribution is 0.574. The Labute approximate surface area is 73.0 Å². The van der Waals surface area contributed by atoms with E-state index in [-0.39, 0.29) is 5.56 Å². The number of nitriles is 1. The minimum atomic E-state index is -0.804. The fourth-order valence-electron chi connectivity index (χ4n) is 0.819. The van der Waals surface area contributed by atoms with Gasteiger partial charge in [0.05, 0.1) is 0 Å². The van der Waals surface area contributed by atoms with Gasteiger partial charge in [0.25, 0.3) is 0 Å². The monoisotopic (exact) mass is 185 g/mol. The topological polar surface area (TPSA) is 23.8 Å². The van der Waals surface area contributed by atoms with Gasteiger partial charge in [-0.2, -0.15) is 5.26 Å². The van der Waals surface area contributed by atoms with Crippen LogP contribution >= 0.6 is 11.8 Å². The quantitative estimate of drug-likeness (QED) is 0.628. The Morgan fingerprint density at radius 2 is 2.08 bits per heavy atom. The molecule has 0 atom stereocenters. The maximum atomic E-state index is 12.8. The van der Waals surface area contributed by atoms with Crippen molar-refractivity contribution in [1.82, 2.24) is 0 Å². The molecule has 0 aliphatic rings. The van der Waals surface area contributed by atoms with Crippen LogP contribution in [0, 0.1) is 23.0 Å². The lowest BCUT2D eigenvalue weighted by Gasteiger charge is -2.00. The van der Waals surface area contributed by atoms with Crippen molar-refractivity contribution in [3.05, 3.63) is 29.3 Å². The number of halogens is 2. The van der Waals surface area contributed by atoms with Crippen molar-refractivity contribution >= 4 is 11.8 Å². The zero-order chi connectivity index (χ0) is 9.14. The van der Waals surface area contributed by atoms with Crippen LogP contribution in [0.15, 0.2) is 17.0 Å². The Morgan fingerprint density at radius 3 is 2.58 bits per heavy atom. The first-order chi connectivity index (χ1) is 5.69. The summed E-state index contributed by atoms with van der Waals surface area (Å²) >= 11 is 1.15. The van der Waals surface area contributed by atoms with Crippen LogP contribution in [0.4, 0.5) is 8.78 Å². The van der Waals surface area contributed by atoms with Crippen molar-refractivity contribution in [1.29, 1.82) is 5.26 Å². The van der Waals surface area contributed by atoms with Crippen molar-refractivity contribution < 1.29 is 8.78 Å². The summed E-state index contributed by atoms with van der Waals surface area (Å²) in [6.45, 7) is 0.